The van der Waals surface area contributed by atoms with Gasteiger partial charge in [-0.05, 0) is 25.1 Å². The number of aromatic carboxylic acids is 1. The molecule has 0 saturated carbocycles. The zero-order valence-corrected chi connectivity index (χ0v) is 20.5. The summed E-state index contributed by atoms with van der Waals surface area (Å²) in [6.45, 7) is 2.77. The molecule has 1 fully saturated rings. The van der Waals surface area contributed by atoms with E-state index in [0.717, 1.165) is 6.07 Å². The molecule has 0 aliphatic carbocycles. The van der Waals surface area contributed by atoms with Gasteiger partial charge < -0.3 is 30.0 Å². The van der Waals surface area contributed by atoms with Crippen LogP contribution in [0.5, 0.6) is 0 Å². The molecule has 37 heavy (non-hydrogen) atoms. The molecule has 2 aliphatic heterocycles. The Morgan fingerprint density at radius 3 is 2.59 bits per heavy atom. The largest absolute Gasteiger partial charge is 0.618 e. The number of aromatic nitrogens is 2. The predicted octanol–water partition coefficient (Wildman–Crippen LogP) is 1.18. The number of pyridine rings is 2. The summed E-state index contributed by atoms with van der Waals surface area (Å²) in [6, 6.07) is 7.04. The van der Waals surface area contributed by atoms with Gasteiger partial charge in [0.05, 0.1) is 28.1 Å². The normalized spacial score (nSPS) is 16.8. The van der Waals surface area contributed by atoms with Gasteiger partial charge in [-0.15, -0.1) is 0 Å². The molecule has 192 valence electrons. The van der Waals surface area contributed by atoms with Crippen molar-refractivity contribution in [3.8, 4) is 0 Å². The minimum atomic E-state index is -1.34. The van der Waals surface area contributed by atoms with E-state index in [0.29, 0.717) is 28.4 Å². The summed E-state index contributed by atoms with van der Waals surface area (Å²) in [5.74, 6) is -2.99. The Bertz CT molecular complexity index is 1520. The zero-order chi connectivity index (χ0) is 26.4. The van der Waals surface area contributed by atoms with Crippen LogP contribution in [0.15, 0.2) is 46.3 Å². The van der Waals surface area contributed by atoms with Crippen molar-refractivity contribution in [1.29, 1.82) is 0 Å². The third-order valence-electron chi connectivity index (χ3n) is 6.52. The summed E-state index contributed by atoms with van der Waals surface area (Å²) >= 11 is 1.28. The smallest absolute Gasteiger partial charge is 0.342 e. The van der Waals surface area contributed by atoms with Gasteiger partial charge in [0, 0.05) is 43.7 Å². The van der Waals surface area contributed by atoms with Gasteiger partial charge in [0.25, 0.3) is 5.69 Å². The summed E-state index contributed by atoms with van der Waals surface area (Å²) in [4.78, 5) is 52.5. The number of nitrogens with zero attached hydrogens (tertiary/aromatic N) is 4. The Kier molecular flexibility index (Phi) is 6.23. The number of piperazine rings is 1. The fourth-order valence-corrected chi connectivity index (χ4v) is 5.78. The zero-order valence-electron chi connectivity index (χ0n) is 19.6. The van der Waals surface area contributed by atoms with Crippen molar-refractivity contribution < 1.29 is 28.6 Å². The lowest BCUT2D eigenvalue weighted by Crippen LogP contribution is -2.52. The maximum absolute atomic E-state index is 15.1. The second kappa shape index (κ2) is 9.39. The fourth-order valence-electron chi connectivity index (χ4n) is 4.63. The van der Waals surface area contributed by atoms with E-state index in [1.807, 2.05) is 6.92 Å². The van der Waals surface area contributed by atoms with Gasteiger partial charge >= 0.3 is 11.9 Å². The van der Waals surface area contributed by atoms with E-state index in [2.05, 4.69) is 5.32 Å². The molecule has 1 atom stereocenters. The van der Waals surface area contributed by atoms with Crippen LogP contribution in [0.1, 0.15) is 33.1 Å². The van der Waals surface area contributed by atoms with Crippen LogP contribution in [0.4, 0.5) is 10.1 Å². The maximum atomic E-state index is 15.1. The highest BCUT2D eigenvalue weighted by molar-refractivity contribution is 8.00. The number of carboxylic acids is 1. The fraction of sp³-hybridized carbons (Fsp3) is 0.292. The highest BCUT2D eigenvalue weighted by Gasteiger charge is 2.33. The lowest BCUT2D eigenvalue weighted by molar-refractivity contribution is -0.607. The van der Waals surface area contributed by atoms with Gasteiger partial charge in [-0.2, -0.15) is 4.73 Å². The van der Waals surface area contributed by atoms with Crippen molar-refractivity contribution in [2.24, 2.45) is 0 Å². The molecule has 4 heterocycles. The first kappa shape index (κ1) is 24.6. The molecule has 1 saturated heterocycles. The summed E-state index contributed by atoms with van der Waals surface area (Å²) in [7, 11) is 0. The summed E-state index contributed by atoms with van der Waals surface area (Å²) in [6.07, 6.45) is 1.19. The average molecular weight is 528 g/mol. The molecule has 2 aliphatic rings. The topological polar surface area (TPSA) is 139 Å². The van der Waals surface area contributed by atoms with Crippen molar-refractivity contribution >= 4 is 46.1 Å². The van der Waals surface area contributed by atoms with E-state index in [4.69, 9.17) is 0 Å². The van der Waals surface area contributed by atoms with E-state index in [-0.39, 0.29) is 53.2 Å². The van der Waals surface area contributed by atoms with Crippen molar-refractivity contribution in [2.45, 2.75) is 17.3 Å². The highest BCUT2D eigenvalue weighted by Crippen LogP contribution is 2.46. The van der Waals surface area contributed by atoms with Gasteiger partial charge in [-0.25, -0.2) is 9.18 Å². The van der Waals surface area contributed by atoms with Crippen LogP contribution in [-0.2, 0) is 4.79 Å². The van der Waals surface area contributed by atoms with Crippen LogP contribution in [-0.4, -0.2) is 65.1 Å². The van der Waals surface area contributed by atoms with E-state index >= 15 is 4.39 Å². The van der Waals surface area contributed by atoms with Crippen LogP contribution < -0.4 is 20.4 Å². The number of hydrogen-bond donors (Lipinski definition) is 2. The molecule has 0 bridgehead atoms. The molecule has 0 radical (unpaired) electrons. The highest BCUT2D eigenvalue weighted by atomic mass is 32.2. The summed E-state index contributed by atoms with van der Waals surface area (Å²) in [5, 5.41) is 23.9. The first-order valence-corrected chi connectivity index (χ1v) is 12.4. The third-order valence-corrected chi connectivity index (χ3v) is 7.69. The molecule has 11 nitrogen and oxygen atoms in total. The molecule has 3 aromatic rings. The first-order chi connectivity index (χ1) is 17.7. The Balaban J connectivity index is 1.30. The second-order valence-electron chi connectivity index (χ2n) is 8.68. The number of thioether (sulfide) groups is 1. The molecule has 1 aromatic carbocycles. The lowest BCUT2D eigenvalue weighted by Gasteiger charge is -2.37. The van der Waals surface area contributed by atoms with E-state index in [1.54, 1.807) is 26.5 Å². The standard InChI is InChI=1S/C24H22FN5O6S/c1-13-30-17-11-18(15(25)10-14(17)21(32)20(24(34)35)23(30)37-13)27-6-8-28(9-7-27)19(31)12-26-22(33)16-4-2-3-5-29(16)36/h2-5,10-11,13H,6-9,12H2,1H3,(H,26,33)(H,34,35). The van der Waals surface area contributed by atoms with Crippen molar-refractivity contribution in [2.75, 3.05) is 37.6 Å². The molecule has 2 amide bonds. The predicted molar refractivity (Wildman–Crippen MR) is 132 cm³/mol. The van der Waals surface area contributed by atoms with E-state index in [1.165, 1.54) is 30.1 Å². The minimum Gasteiger partial charge on any atom is -0.618 e. The number of nitrogens with one attached hydrogen (secondary N) is 1. The summed E-state index contributed by atoms with van der Waals surface area (Å²) in [5.41, 5.74) is -0.457. The first-order valence-electron chi connectivity index (χ1n) is 11.5. The molecule has 2 N–H and O–H groups in total. The monoisotopic (exact) mass is 527 g/mol. The number of carbonyl (C=O) groups excluding carboxylic acids is 2. The SMILES string of the molecule is CC1Sc2c(C(=O)O)c(=O)c3cc(F)c(N4CCN(C(=O)CNC(=O)c5cccc[n+]5[O-])CC4)cc3n21. The quantitative estimate of drug-likeness (QED) is 0.373. The van der Waals surface area contributed by atoms with Gasteiger partial charge in [-0.1, -0.05) is 11.8 Å². The third kappa shape index (κ3) is 4.24. The van der Waals surface area contributed by atoms with Crippen LogP contribution in [0.3, 0.4) is 0 Å². The van der Waals surface area contributed by atoms with Crippen LogP contribution in [0.2, 0.25) is 0 Å². The number of anilines is 1. The number of amides is 2. The molecular weight excluding hydrogens is 505 g/mol. The van der Waals surface area contributed by atoms with Crippen LogP contribution in [0.25, 0.3) is 10.9 Å². The molecule has 0 spiro atoms. The maximum Gasteiger partial charge on any atom is 0.342 e. The number of carboxylic acid groups (broad SMARTS) is 1. The van der Waals surface area contributed by atoms with Gasteiger partial charge in [-0.3, -0.25) is 14.4 Å². The van der Waals surface area contributed by atoms with Gasteiger partial charge in [0.1, 0.15) is 11.4 Å². The number of halogens is 1. The van der Waals surface area contributed by atoms with Crippen LogP contribution in [0, 0.1) is 11.0 Å². The van der Waals surface area contributed by atoms with Crippen LogP contribution >= 0.6 is 11.8 Å². The van der Waals surface area contributed by atoms with Gasteiger partial charge in [0.15, 0.2) is 6.20 Å². The Morgan fingerprint density at radius 1 is 1.22 bits per heavy atom. The van der Waals surface area contributed by atoms with E-state index < -0.39 is 23.1 Å². The number of benzene rings is 1. The second-order valence-corrected chi connectivity index (χ2v) is 9.99. The number of fused-ring (bicyclic) bond motifs is 3. The number of hydrogen-bond acceptors (Lipinski definition) is 7. The lowest BCUT2D eigenvalue weighted by atomic mass is 10.1. The van der Waals surface area contributed by atoms with Gasteiger partial charge in [0.2, 0.25) is 11.3 Å². The Labute approximate surface area is 213 Å². The molecular formula is C24H22FN5O6S. The summed E-state index contributed by atoms with van der Waals surface area (Å²) < 4.78 is 17.3. The molecule has 1 unspecified atom stereocenters. The Morgan fingerprint density at radius 2 is 1.95 bits per heavy atom. The average Bonchev–Trinajstić information content (AvgIpc) is 2.87. The minimum absolute atomic E-state index is 0.0110. The molecule has 13 heteroatoms. The Hall–Kier alpha value is -4.13. The number of carbonyl (C=O) groups is 3. The van der Waals surface area contributed by atoms with Crippen molar-refractivity contribution in [3.63, 3.8) is 0 Å². The molecule has 2 aromatic heterocycles. The van der Waals surface area contributed by atoms with E-state index in [9.17, 15) is 29.5 Å². The number of rotatable bonds is 5. The van der Waals surface area contributed by atoms with Crippen molar-refractivity contribution in [1.82, 2.24) is 14.8 Å². The van der Waals surface area contributed by atoms with Crippen molar-refractivity contribution in [3.05, 3.63) is 69.0 Å². The molecule has 5 rings (SSSR count).